The Bertz CT molecular complexity index is 1370. The smallest absolute Gasteiger partial charge is 0.264 e. The van der Waals surface area contributed by atoms with Gasteiger partial charge in [0.15, 0.2) is 5.78 Å². The molecule has 2 amide bonds. The van der Waals surface area contributed by atoms with E-state index in [4.69, 9.17) is 0 Å². The van der Waals surface area contributed by atoms with E-state index in [-0.39, 0.29) is 17.1 Å². The maximum atomic E-state index is 13.1. The van der Waals surface area contributed by atoms with Crippen molar-refractivity contribution >= 4 is 44.7 Å². The third-order valence-corrected chi connectivity index (χ3v) is 7.39. The van der Waals surface area contributed by atoms with Gasteiger partial charge < -0.3 is 5.32 Å². The van der Waals surface area contributed by atoms with Crippen LogP contribution in [0.1, 0.15) is 23.7 Å². The minimum absolute atomic E-state index is 0.0478. The lowest BCUT2D eigenvalue weighted by atomic mass is 10.1. The Morgan fingerprint density at radius 1 is 0.971 bits per heavy atom. The number of nitrogens with one attached hydrogen (secondary N) is 1. The summed E-state index contributed by atoms with van der Waals surface area (Å²) < 4.78 is 27.4. The molecule has 0 bridgehead atoms. The number of hydrogen-bond acceptors (Lipinski definition) is 6. The summed E-state index contributed by atoms with van der Waals surface area (Å²) in [5.74, 6) is -1.05. The summed E-state index contributed by atoms with van der Waals surface area (Å²) in [7, 11) is -2.37. The van der Waals surface area contributed by atoms with Gasteiger partial charge in [0.1, 0.15) is 6.04 Å². The van der Waals surface area contributed by atoms with Crippen LogP contribution in [0.5, 0.6) is 0 Å². The second-order valence-corrected chi connectivity index (χ2v) is 9.88. The lowest BCUT2D eigenvalue weighted by Crippen LogP contribution is -2.35. The largest absolute Gasteiger partial charge is 0.373 e. The number of imide groups is 1. The summed E-state index contributed by atoms with van der Waals surface area (Å²) in [5, 5.41) is 2.99. The molecule has 1 fully saturated rings. The number of rotatable bonds is 7. The maximum Gasteiger partial charge on any atom is 0.264 e. The van der Waals surface area contributed by atoms with Gasteiger partial charge in [-0.15, -0.1) is 0 Å². The first-order valence-electron chi connectivity index (χ1n) is 10.6. The quantitative estimate of drug-likeness (QED) is 0.413. The van der Waals surface area contributed by atoms with Gasteiger partial charge in [0.2, 0.25) is 5.91 Å². The number of ketones is 1. The van der Waals surface area contributed by atoms with Crippen LogP contribution in [0.3, 0.4) is 0 Å². The number of Topliss-reactive ketones (excluding diaryl/α,β-unsaturated/α-hetero) is 1. The Balaban J connectivity index is 1.56. The van der Waals surface area contributed by atoms with Crippen LogP contribution in [0.4, 0.5) is 17.1 Å². The van der Waals surface area contributed by atoms with Crippen LogP contribution >= 0.6 is 0 Å². The topological polar surface area (TPSA) is 104 Å². The predicted octanol–water partition coefficient (Wildman–Crippen LogP) is 3.46. The van der Waals surface area contributed by atoms with E-state index in [2.05, 4.69) is 5.32 Å². The van der Waals surface area contributed by atoms with Gasteiger partial charge in [-0.3, -0.25) is 18.7 Å². The van der Waals surface area contributed by atoms with Gasteiger partial charge in [-0.1, -0.05) is 36.4 Å². The zero-order valence-electron chi connectivity index (χ0n) is 18.6. The summed E-state index contributed by atoms with van der Waals surface area (Å²) in [6, 6.07) is 20.3. The van der Waals surface area contributed by atoms with Crippen molar-refractivity contribution in [2.45, 2.75) is 24.3 Å². The van der Waals surface area contributed by atoms with Gasteiger partial charge >= 0.3 is 0 Å². The van der Waals surface area contributed by atoms with Gasteiger partial charge in [0.25, 0.3) is 15.9 Å². The number of amides is 2. The average molecular weight is 478 g/mol. The van der Waals surface area contributed by atoms with E-state index in [9.17, 15) is 22.8 Å². The van der Waals surface area contributed by atoms with Crippen LogP contribution in [-0.2, 0) is 19.6 Å². The zero-order valence-corrected chi connectivity index (χ0v) is 19.5. The first kappa shape index (κ1) is 23.2. The molecule has 1 aliphatic rings. The van der Waals surface area contributed by atoms with Crippen LogP contribution in [0.25, 0.3) is 0 Å². The highest BCUT2D eigenvalue weighted by Crippen LogP contribution is 2.28. The van der Waals surface area contributed by atoms with Gasteiger partial charge in [-0.05, 0) is 49.4 Å². The number of anilines is 3. The van der Waals surface area contributed by atoms with Crippen molar-refractivity contribution in [2.75, 3.05) is 21.6 Å². The maximum absolute atomic E-state index is 13.1. The number of sulfonamides is 1. The molecule has 0 aliphatic carbocycles. The molecule has 1 heterocycles. The van der Waals surface area contributed by atoms with E-state index < -0.39 is 27.9 Å². The summed E-state index contributed by atoms with van der Waals surface area (Å²) >= 11 is 0. The fourth-order valence-electron chi connectivity index (χ4n) is 3.76. The molecule has 1 saturated heterocycles. The zero-order chi connectivity index (χ0) is 24.5. The Hall–Kier alpha value is -3.98. The number of benzene rings is 3. The molecule has 3 aromatic rings. The van der Waals surface area contributed by atoms with Crippen LogP contribution in [0.2, 0.25) is 0 Å². The molecule has 0 saturated carbocycles. The fraction of sp³-hybridized carbons (Fsp3) is 0.160. The molecule has 9 heteroatoms. The highest BCUT2D eigenvalue weighted by atomic mass is 32.2. The van der Waals surface area contributed by atoms with Gasteiger partial charge in [0.05, 0.1) is 22.7 Å². The van der Waals surface area contributed by atoms with Crippen molar-refractivity contribution in [1.29, 1.82) is 0 Å². The number of para-hydroxylation sites is 1. The van der Waals surface area contributed by atoms with E-state index in [1.807, 2.05) is 0 Å². The minimum atomic E-state index is -3.84. The summed E-state index contributed by atoms with van der Waals surface area (Å²) in [4.78, 5) is 38.4. The van der Waals surface area contributed by atoms with Crippen molar-refractivity contribution in [3.8, 4) is 0 Å². The van der Waals surface area contributed by atoms with Crippen molar-refractivity contribution in [3.05, 3.63) is 84.4 Å². The average Bonchev–Trinajstić information content (AvgIpc) is 3.11. The Labute approximate surface area is 197 Å². The van der Waals surface area contributed by atoms with Crippen LogP contribution in [0.15, 0.2) is 83.8 Å². The second-order valence-electron chi connectivity index (χ2n) is 7.91. The lowest BCUT2D eigenvalue weighted by molar-refractivity contribution is -0.121. The van der Waals surface area contributed by atoms with Crippen molar-refractivity contribution in [3.63, 3.8) is 0 Å². The normalized spacial score (nSPS) is 15.9. The molecule has 0 spiro atoms. The number of carbonyl (C=O) groups is 3. The summed E-state index contributed by atoms with van der Waals surface area (Å²) in [6.07, 6.45) is -0.0932. The molecule has 1 N–H and O–H groups in total. The molecule has 0 unspecified atom stereocenters. The predicted molar refractivity (Wildman–Crippen MR) is 129 cm³/mol. The summed E-state index contributed by atoms with van der Waals surface area (Å²) in [6.45, 7) is 1.41. The Morgan fingerprint density at radius 3 is 2.38 bits per heavy atom. The molecule has 4 rings (SSSR count). The molecule has 34 heavy (non-hydrogen) atoms. The first-order valence-corrected chi connectivity index (χ1v) is 12.0. The molecule has 1 aliphatic heterocycles. The monoisotopic (exact) mass is 477 g/mol. The van der Waals surface area contributed by atoms with Crippen molar-refractivity contribution in [2.24, 2.45) is 0 Å². The van der Waals surface area contributed by atoms with Crippen LogP contribution in [-0.4, -0.2) is 39.1 Å². The fourth-order valence-corrected chi connectivity index (χ4v) is 5.00. The molecule has 8 nitrogen and oxygen atoms in total. The van der Waals surface area contributed by atoms with Crippen LogP contribution in [0, 0.1) is 0 Å². The minimum Gasteiger partial charge on any atom is -0.373 e. The van der Waals surface area contributed by atoms with E-state index in [0.717, 1.165) is 4.90 Å². The van der Waals surface area contributed by atoms with E-state index in [1.165, 1.54) is 36.5 Å². The van der Waals surface area contributed by atoms with E-state index in [1.54, 1.807) is 60.7 Å². The standard InChI is InChI=1S/C25H23N3O5S/c1-17(29)18-8-6-12-21(14-18)28-24(30)16-23(25(28)31)26-19-9-7-13-22(15-19)34(32,33)27(2)20-10-4-3-5-11-20/h3-15,23,26H,16H2,1-2H3/t23-/m1/s1. The van der Waals surface area contributed by atoms with Gasteiger partial charge in [-0.25, -0.2) is 13.3 Å². The van der Waals surface area contributed by atoms with E-state index in [0.29, 0.717) is 22.6 Å². The second kappa shape index (κ2) is 9.11. The van der Waals surface area contributed by atoms with Crippen molar-refractivity contribution < 1.29 is 22.8 Å². The Morgan fingerprint density at radius 2 is 1.68 bits per heavy atom. The highest BCUT2D eigenvalue weighted by molar-refractivity contribution is 7.92. The highest BCUT2D eigenvalue weighted by Gasteiger charge is 2.39. The number of nitrogens with zero attached hydrogens (tertiary/aromatic N) is 2. The third-order valence-electron chi connectivity index (χ3n) is 5.61. The molecule has 0 aromatic heterocycles. The molecule has 174 valence electrons. The van der Waals surface area contributed by atoms with Gasteiger partial charge in [0, 0.05) is 18.3 Å². The number of carbonyl (C=O) groups excluding carboxylic acids is 3. The Kier molecular flexibility index (Phi) is 6.21. The van der Waals surface area contributed by atoms with Crippen molar-refractivity contribution in [1.82, 2.24) is 0 Å². The lowest BCUT2D eigenvalue weighted by Gasteiger charge is -2.20. The number of hydrogen-bond donors (Lipinski definition) is 1. The molecule has 0 radical (unpaired) electrons. The third kappa shape index (κ3) is 4.42. The first-order chi connectivity index (χ1) is 16.2. The summed E-state index contributed by atoms with van der Waals surface area (Å²) in [5.41, 5.74) is 1.64. The molecular weight excluding hydrogens is 454 g/mol. The molecular formula is C25H23N3O5S. The molecule has 1 atom stereocenters. The van der Waals surface area contributed by atoms with E-state index >= 15 is 0 Å². The van der Waals surface area contributed by atoms with Crippen LogP contribution < -0.4 is 14.5 Å². The SMILES string of the molecule is CC(=O)c1cccc(N2C(=O)C[C@@H](Nc3cccc(S(=O)(=O)N(C)c4ccccc4)c3)C2=O)c1. The van der Waals surface area contributed by atoms with Gasteiger partial charge in [-0.2, -0.15) is 0 Å². The molecule has 3 aromatic carbocycles.